The number of nitrogens with one attached hydrogen (secondary N) is 1. The minimum absolute atomic E-state index is 0.371. The molecule has 2 unspecified atom stereocenters. The number of aliphatic hydroxyl groups excluding tert-OH is 1. The number of phosphoric ester groups is 1. The molecule has 0 amide bonds. The van der Waals surface area contributed by atoms with E-state index in [0.717, 1.165) is 16.8 Å². The Morgan fingerprint density at radius 3 is 2.38 bits per heavy atom. The molecule has 17 nitrogen and oxygen atoms in total. The van der Waals surface area contributed by atoms with Gasteiger partial charge in [0.2, 0.25) is 0 Å². The van der Waals surface area contributed by atoms with Crippen LogP contribution in [0.5, 0.6) is 0 Å². The second-order valence-electron chi connectivity index (χ2n) is 5.94. The van der Waals surface area contributed by atoms with Crippen molar-refractivity contribution >= 4 is 23.5 Å². The lowest BCUT2D eigenvalue weighted by atomic mass is 10.1. The molecule has 0 spiro atoms. The molecule has 1 aromatic heterocycles. The molecule has 0 aromatic carbocycles. The first-order valence-corrected chi connectivity index (χ1v) is 12.6. The van der Waals surface area contributed by atoms with Gasteiger partial charge in [-0.15, -0.1) is 6.42 Å². The van der Waals surface area contributed by atoms with Crippen molar-refractivity contribution in [1.82, 2.24) is 9.55 Å². The van der Waals surface area contributed by atoms with Crippen molar-refractivity contribution in [3.63, 3.8) is 0 Å². The zero-order valence-corrected chi connectivity index (χ0v) is 18.2. The van der Waals surface area contributed by atoms with Crippen LogP contribution >= 0.6 is 23.5 Å². The van der Waals surface area contributed by atoms with E-state index in [2.05, 4.69) is 19.1 Å². The molecule has 180 valence electrons. The predicted octanol–water partition coefficient (Wildman–Crippen LogP) is -1.84. The third-order valence-corrected chi connectivity index (χ3v) is 7.41. The summed E-state index contributed by atoms with van der Waals surface area (Å²) in [6.07, 6.45) is 0.212. The van der Waals surface area contributed by atoms with Crippen LogP contribution in [0.15, 0.2) is 21.9 Å². The van der Waals surface area contributed by atoms with Crippen molar-refractivity contribution in [2.45, 2.75) is 24.5 Å². The predicted molar refractivity (Wildman–Crippen MR) is 99.6 cm³/mol. The van der Waals surface area contributed by atoms with Gasteiger partial charge in [0.25, 0.3) is 5.56 Å². The Morgan fingerprint density at radius 1 is 1.16 bits per heavy atom. The third-order valence-electron chi connectivity index (χ3n) is 3.61. The van der Waals surface area contributed by atoms with Crippen LogP contribution in [0.1, 0.15) is 6.23 Å². The van der Waals surface area contributed by atoms with Crippen molar-refractivity contribution in [3.05, 3.63) is 33.1 Å². The molecular formula is C12H17N2O15P3. The van der Waals surface area contributed by atoms with E-state index in [1.165, 1.54) is 0 Å². The van der Waals surface area contributed by atoms with Crippen molar-refractivity contribution < 1.29 is 61.0 Å². The summed E-state index contributed by atoms with van der Waals surface area (Å²) >= 11 is 0. The van der Waals surface area contributed by atoms with Gasteiger partial charge in [0.1, 0.15) is 24.9 Å². The van der Waals surface area contributed by atoms with Gasteiger partial charge in [-0.2, -0.15) is 8.62 Å². The third kappa shape index (κ3) is 7.55. The molecule has 6 N–H and O–H groups in total. The largest absolute Gasteiger partial charge is 0.490 e. The van der Waals surface area contributed by atoms with Crippen molar-refractivity contribution in [3.8, 4) is 12.3 Å². The number of aromatic nitrogens is 2. The molecule has 20 heteroatoms. The van der Waals surface area contributed by atoms with Crippen LogP contribution in [-0.2, 0) is 36.3 Å². The van der Waals surface area contributed by atoms with Gasteiger partial charge in [0.15, 0.2) is 6.23 Å². The fourth-order valence-electron chi connectivity index (χ4n) is 2.53. The fourth-order valence-corrected chi connectivity index (χ4v) is 5.56. The maximum absolute atomic E-state index is 12.0. The number of H-pyrrole nitrogens is 1. The molecule has 0 radical (unpaired) electrons. The van der Waals surface area contributed by atoms with E-state index < -0.39 is 65.9 Å². The molecule has 6 atom stereocenters. The summed E-state index contributed by atoms with van der Waals surface area (Å²) in [7, 11) is -16.8. The summed E-state index contributed by atoms with van der Waals surface area (Å²) < 4.78 is 56.9. The van der Waals surface area contributed by atoms with Crippen LogP contribution in [0.3, 0.4) is 0 Å². The van der Waals surface area contributed by atoms with Gasteiger partial charge >= 0.3 is 29.2 Å². The maximum Gasteiger partial charge on any atom is 0.490 e. The zero-order chi connectivity index (χ0) is 24.3. The second-order valence-corrected chi connectivity index (χ2v) is 10.4. The smallest absolute Gasteiger partial charge is 0.386 e. The highest BCUT2D eigenvalue weighted by atomic mass is 31.3. The molecule has 1 fully saturated rings. The Bertz CT molecular complexity index is 1120. The summed E-state index contributed by atoms with van der Waals surface area (Å²) in [4.78, 5) is 60.8. The molecule has 32 heavy (non-hydrogen) atoms. The molecule has 2 rings (SSSR count). The maximum atomic E-state index is 12.0. The van der Waals surface area contributed by atoms with Gasteiger partial charge in [-0.25, -0.2) is 18.5 Å². The lowest BCUT2D eigenvalue weighted by Gasteiger charge is -2.21. The number of aliphatic hydroxyl groups is 1. The monoisotopic (exact) mass is 522 g/mol. The first-order chi connectivity index (χ1) is 14.6. The van der Waals surface area contributed by atoms with E-state index in [0.29, 0.717) is 0 Å². The van der Waals surface area contributed by atoms with E-state index >= 15 is 0 Å². The van der Waals surface area contributed by atoms with Crippen LogP contribution in [-0.4, -0.2) is 65.8 Å². The molecule has 2 heterocycles. The number of hydrogen-bond acceptors (Lipinski definition) is 11. The minimum Gasteiger partial charge on any atom is -0.386 e. The van der Waals surface area contributed by atoms with E-state index in [1.54, 1.807) is 0 Å². The summed E-state index contributed by atoms with van der Waals surface area (Å²) in [5.41, 5.74) is -1.70. The van der Waals surface area contributed by atoms with E-state index in [4.69, 9.17) is 30.6 Å². The van der Waals surface area contributed by atoms with Crippen LogP contribution < -0.4 is 11.2 Å². The van der Waals surface area contributed by atoms with Crippen LogP contribution in [0.4, 0.5) is 0 Å². The molecule has 0 saturated carbocycles. The normalized spacial score (nSPS) is 27.4. The quantitative estimate of drug-likeness (QED) is 0.146. The minimum atomic E-state index is -5.74. The number of phosphoric acid groups is 3. The highest BCUT2D eigenvalue weighted by Crippen LogP contribution is 2.66. The summed E-state index contributed by atoms with van der Waals surface area (Å²) in [5, 5.41) is 10.5. The van der Waals surface area contributed by atoms with Gasteiger partial charge in [0.05, 0.1) is 6.61 Å². The molecule has 0 aliphatic carbocycles. The van der Waals surface area contributed by atoms with Crippen molar-refractivity contribution in [2.24, 2.45) is 0 Å². The van der Waals surface area contributed by atoms with E-state index in [-0.39, 0.29) is 6.61 Å². The average Bonchev–Trinajstić information content (AvgIpc) is 2.91. The van der Waals surface area contributed by atoms with Crippen molar-refractivity contribution in [2.75, 3.05) is 13.2 Å². The molecule has 0 bridgehead atoms. The number of nitrogens with zero attached hydrogens (tertiary/aromatic N) is 1. The van der Waals surface area contributed by atoms with Gasteiger partial charge in [-0.1, -0.05) is 5.92 Å². The second kappa shape index (κ2) is 10.2. The highest BCUT2D eigenvalue weighted by Gasteiger charge is 2.48. The van der Waals surface area contributed by atoms with Gasteiger partial charge in [-0.3, -0.25) is 18.9 Å². The summed E-state index contributed by atoms with van der Waals surface area (Å²) in [5.74, 6) is 2.10. The molecule has 1 aliphatic heterocycles. The summed E-state index contributed by atoms with van der Waals surface area (Å²) in [6, 6.07) is 0.953. The lowest BCUT2D eigenvalue weighted by molar-refractivity contribution is -0.0577. The SMILES string of the molecule is C#CCO[C@H]1[C@@H](O)[C@H](n2ccc(=O)[nH]c2=O)O[C@@H]1COP(=O)(O)OP(=O)(O)OP(=O)(O)O. The number of ether oxygens (including phenoxy) is 2. The fraction of sp³-hybridized carbons (Fsp3) is 0.500. The van der Waals surface area contributed by atoms with Crippen molar-refractivity contribution in [1.29, 1.82) is 0 Å². The van der Waals surface area contributed by atoms with Crippen LogP contribution in [0.25, 0.3) is 0 Å². The average molecular weight is 522 g/mol. The zero-order valence-electron chi connectivity index (χ0n) is 15.6. The first kappa shape index (κ1) is 26.8. The molecular weight excluding hydrogens is 505 g/mol. The molecule has 1 saturated heterocycles. The number of hydrogen-bond donors (Lipinski definition) is 6. The molecule has 1 aliphatic rings. The van der Waals surface area contributed by atoms with Gasteiger partial charge < -0.3 is 34.2 Å². The van der Waals surface area contributed by atoms with Gasteiger partial charge in [0, 0.05) is 12.3 Å². The lowest BCUT2D eigenvalue weighted by Crippen LogP contribution is -2.39. The van der Waals surface area contributed by atoms with Gasteiger partial charge in [-0.05, 0) is 0 Å². The van der Waals surface area contributed by atoms with Crippen LogP contribution in [0, 0.1) is 12.3 Å². The standard InChI is InChI=1S/C12H17N2O15P3/c1-2-5-25-10-7(6-26-31(21,22)29-32(23,24)28-30(18,19)20)27-11(9(10)16)14-4-3-8(15)13-12(14)17/h1,3-4,7,9-11,16H,5-6H2,(H,21,22)(H,23,24)(H,13,15,17)(H2,18,19,20)/t7-,9-,10-,11-/m1/s1. The Morgan fingerprint density at radius 2 is 1.81 bits per heavy atom. The van der Waals surface area contributed by atoms with Crippen LogP contribution in [0.2, 0.25) is 0 Å². The number of rotatable bonds is 10. The topological polar surface area (TPSA) is 253 Å². The highest BCUT2D eigenvalue weighted by molar-refractivity contribution is 7.66. The Kier molecular flexibility index (Phi) is 8.54. The first-order valence-electron chi connectivity index (χ1n) is 8.12. The van der Waals surface area contributed by atoms with E-state index in [1.807, 2.05) is 4.98 Å². The Balaban J connectivity index is 2.17. The number of terminal acetylenes is 1. The van der Waals surface area contributed by atoms with E-state index in [9.17, 15) is 33.3 Å². The number of aromatic amines is 1. The Labute approximate surface area is 178 Å². The molecule has 1 aromatic rings. The Hall–Kier alpha value is -1.47. The summed E-state index contributed by atoms with van der Waals surface area (Å²) in [6.45, 7) is -1.34.